The fourth-order valence-electron chi connectivity index (χ4n) is 1.98. The summed E-state index contributed by atoms with van der Waals surface area (Å²) < 4.78 is 26.6. The zero-order valence-electron chi connectivity index (χ0n) is 10.8. The van der Waals surface area contributed by atoms with E-state index in [4.69, 9.17) is 0 Å². The molecule has 0 aliphatic heterocycles. The van der Waals surface area contributed by atoms with E-state index in [1.54, 1.807) is 26.0 Å². The molecule has 0 unspecified atom stereocenters. The minimum Gasteiger partial charge on any atom is -0.294 e. The zero-order chi connectivity index (χ0) is 14.0. The van der Waals surface area contributed by atoms with E-state index < -0.39 is 5.82 Å². The van der Waals surface area contributed by atoms with E-state index in [9.17, 15) is 13.6 Å². The Morgan fingerprint density at radius 2 is 1.79 bits per heavy atom. The number of ketones is 1. The Labute approximate surface area is 110 Å². The van der Waals surface area contributed by atoms with Crippen molar-refractivity contribution in [1.82, 2.24) is 0 Å². The van der Waals surface area contributed by atoms with Gasteiger partial charge in [0.25, 0.3) is 0 Å². The molecule has 0 bridgehead atoms. The van der Waals surface area contributed by atoms with E-state index in [0.29, 0.717) is 11.1 Å². The maximum absolute atomic E-state index is 13.6. The first-order chi connectivity index (χ1) is 8.97. The predicted octanol–water partition coefficient (Wildman–Crippen LogP) is 4.01. The summed E-state index contributed by atoms with van der Waals surface area (Å²) in [5.41, 5.74) is 2.33. The molecule has 0 spiro atoms. The van der Waals surface area contributed by atoms with Crippen molar-refractivity contribution in [3.8, 4) is 0 Å². The van der Waals surface area contributed by atoms with Crippen LogP contribution in [0.1, 0.15) is 27.0 Å². The molecule has 0 amide bonds. The molecule has 98 valence electrons. The first kappa shape index (κ1) is 13.4. The van der Waals surface area contributed by atoms with Crippen LogP contribution in [0.15, 0.2) is 36.4 Å². The second-order valence-electron chi connectivity index (χ2n) is 4.65. The lowest BCUT2D eigenvalue weighted by atomic mass is 9.98. The summed E-state index contributed by atoms with van der Waals surface area (Å²) in [6.45, 7) is 3.54. The van der Waals surface area contributed by atoms with Crippen molar-refractivity contribution in [2.45, 2.75) is 20.3 Å². The summed E-state index contributed by atoms with van der Waals surface area (Å²) >= 11 is 0. The van der Waals surface area contributed by atoms with Gasteiger partial charge in [0.2, 0.25) is 0 Å². The molecule has 0 aliphatic rings. The third-order valence-electron chi connectivity index (χ3n) is 3.08. The largest absolute Gasteiger partial charge is 0.294 e. The van der Waals surface area contributed by atoms with Gasteiger partial charge < -0.3 is 0 Å². The zero-order valence-corrected chi connectivity index (χ0v) is 10.8. The lowest BCUT2D eigenvalue weighted by Gasteiger charge is -2.07. The highest BCUT2D eigenvalue weighted by molar-refractivity contribution is 5.98. The first-order valence-corrected chi connectivity index (χ1v) is 6.02. The minimum atomic E-state index is -0.518. The van der Waals surface area contributed by atoms with E-state index in [1.807, 2.05) is 0 Å². The van der Waals surface area contributed by atoms with Crippen LogP contribution in [-0.4, -0.2) is 5.78 Å². The number of Topliss-reactive ketones (excluding diaryl/α,β-unsaturated/α-hetero) is 1. The standard InChI is InChI=1S/C16H14F2O/c1-10-3-6-15(18)14(7-10)16(19)9-12-4-5-13(17)8-11(12)2/h3-8H,9H2,1-2H3. The molecule has 2 rings (SSSR count). The molecule has 1 nitrogen and oxygen atoms in total. The SMILES string of the molecule is Cc1ccc(F)c(C(=O)Cc2ccc(F)cc2C)c1. The second kappa shape index (κ2) is 5.31. The van der Waals surface area contributed by atoms with Crippen molar-refractivity contribution in [2.75, 3.05) is 0 Å². The molecule has 19 heavy (non-hydrogen) atoms. The van der Waals surface area contributed by atoms with Gasteiger partial charge in [0, 0.05) is 6.42 Å². The topological polar surface area (TPSA) is 17.1 Å². The molecular formula is C16H14F2O. The van der Waals surface area contributed by atoms with Gasteiger partial charge in [-0.3, -0.25) is 4.79 Å². The third-order valence-corrected chi connectivity index (χ3v) is 3.08. The van der Waals surface area contributed by atoms with Crippen molar-refractivity contribution < 1.29 is 13.6 Å². The molecule has 0 saturated heterocycles. The Morgan fingerprint density at radius 3 is 2.47 bits per heavy atom. The number of rotatable bonds is 3. The highest BCUT2D eigenvalue weighted by atomic mass is 19.1. The summed E-state index contributed by atoms with van der Waals surface area (Å²) in [5.74, 6) is -1.15. The quantitative estimate of drug-likeness (QED) is 0.762. The maximum Gasteiger partial charge on any atom is 0.170 e. The smallest absolute Gasteiger partial charge is 0.170 e. The van der Waals surface area contributed by atoms with Crippen LogP contribution in [0.4, 0.5) is 8.78 Å². The van der Waals surface area contributed by atoms with Gasteiger partial charge in [0.15, 0.2) is 5.78 Å². The Kier molecular flexibility index (Phi) is 3.74. The van der Waals surface area contributed by atoms with Gasteiger partial charge in [-0.05, 0) is 49.2 Å². The molecule has 0 heterocycles. The Balaban J connectivity index is 2.28. The third kappa shape index (κ3) is 3.05. The van der Waals surface area contributed by atoms with Crippen LogP contribution >= 0.6 is 0 Å². The molecule has 0 atom stereocenters. The number of halogens is 2. The van der Waals surface area contributed by atoms with E-state index in [2.05, 4.69) is 0 Å². The van der Waals surface area contributed by atoms with Gasteiger partial charge in [-0.15, -0.1) is 0 Å². The normalized spacial score (nSPS) is 10.5. The fraction of sp³-hybridized carbons (Fsp3) is 0.188. The molecule has 0 radical (unpaired) electrons. The Hall–Kier alpha value is -2.03. The van der Waals surface area contributed by atoms with Crippen LogP contribution in [-0.2, 0) is 6.42 Å². The maximum atomic E-state index is 13.6. The van der Waals surface area contributed by atoms with Crippen LogP contribution in [0.3, 0.4) is 0 Å². The van der Waals surface area contributed by atoms with Gasteiger partial charge in [-0.2, -0.15) is 0 Å². The van der Waals surface area contributed by atoms with E-state index in [0.717, 1.165) is 5.56 Å². The lowest BCUT2D eigenvalue weighted by molar-refractivity contribution is 0.0989. The predicted molar refractivity (Wildman–Crippen MR) is 70.3 cm³/mol. The average molecular weight is 260 g/mol. The highest BCUT2D eigenvalue weighted by Crippen LogP contribution is 2.16. The van der Waals surface area contributed by atoms with E-state index >= 15 is 0 Å². The van der Waals surface area contributed by atoms with Crippen LogP contribution in [0.2, 0.25) is 0 Å². The van der Waals surface area contributed by atoms with Crippen LogP contribution in [0, 0.1) is 25.5 Å². The van der Waals surface area contributed by atoms with Crippen molar-refractivity contribution in [3.05, 3.63) is 70.3 Å². The van der Waals surface area contributed by atoms with Gasteiger partial charge in [0.05, 0.1) is 5.56 Å². The summed E-state index contributed by atoms with van der Waals surface area (Å²) in [6, 6.07) is 8.69. The van der Waals surface area contributed by atoms with Crippen molar-refractivity contribution in [2.24, 2.45) is 0 Å². The molecule has 0 saturated carbocycles. The molecule has 0 fully saturated rings. The monoisotopic (exact) mass is 260 g/mol. The van der Waals surface area contributed by atoms with E-state index in [1.165, 1.54) is 24.3 Å². The molecule has 0 N–H and O–H groups in total. The van der Waals surface area contributed by atoms with Gasteiger partial charge >= 0.3 is 0 Å². The van der Waals surface area contributed by atoms with Crippen LogP contribution in [0.25, 0.3) is 0 Å². The fourth-order valence-corrected chi connectivity index (χ4v) is 1.98. The van der Waals surface area contributed by atoms with Crippen molar-refractivity contribution in [1.29, 1.82) is 0 Å². The first-order valence-electron chi connectivity index (χ1n) is 6.02. The second-order valence-corrected chi connectivity index (χ2v) is 4.65. The number of hydrogen-bond acceptors (Lipinski definition) is 1. The molecule has 0 aromatic heterocycles. The van der Waals surface area contributed by atoms with Gasteiger partial charge in [-0.25, -0.2) is 8.78 Å². The summed E-state index contributed by atoms with van der Waals surface area (Å²) in [4.78, 5) is 12.1. The van der Waals surface area contributed by atoms with Crippen molar-refractivity contribution >= 4 is 5.78 Å². The molecule has 0 aliphatic carbocycles. The van der Waals surface area contributed by atoms with Gasteiger partial charge in [-0.1, -0.05) is 17.7 Å². The highest BCUT2D eigenvalue weighted by Gasteiger charge is 2.13. The molecule has 3 heteroatoms. The molecular weight excluding hydrogens is 246 g/mol. The number of hydrogen-bond donors (Lipinski definition) is 0. The van der Waals surface area contributed by atoms with Crippen LogP contribution < -0.4 is 0 Å². The summed E-state index contributed by atoms with van der Waals surface area (Å²) in [7, 11) is 0. The molecule has 2 aromatic carbocycles. The van der Waals surface area contributed by atoms with E-state index in [-0.39, 0.29) is 23.6 Å². The van der Waals surface area contributed by atoms with Crippen LogP contribution in [0.5, 0.6) is 0 Å². The number of carbonyl (C=O) groups excluding carboxylic acids is 1. The minimum absolute atomic E-state index is 0.0759. The molecule has 2 aromatic rings. The Bertz CT molecular complexity index is 633. The summed E-state index contributed by atoms with van der Waals surface area (Å²) in [5, 5.41) is 0. The van der Waals surface area contributed by atoms with Crippen molar-refractivity contribution in [3.63, 3.8) is 0 Å². The number of benzene rings is 2. The number of carbonyl (C=O) groups is 1. The average Bonchev–Trinajstić information content (AvgIpc) is 2.35. The van der Waals surface area contributed by atoms with Gasteiger partial charge in [0.1, 0.15) is 11.6 Å². The summed E-state index contributed by atoms with van der Waals surface area (Å²) in [6.07, 6.45) is 0.0759. The Morgan fingerprint density at radius 1 is 1.05 bits per heavy atom. The lowest BCUT2D eigenvalue weighted by Crippen LogP contribution is -2.07. The number of aryl methyl sites for hydroxylation is 2.